The van der Waals surface area contributed by atoms with Crippen LogP contribution >= 0.6 is 11.6 Å². The van der Waals surface area contributed by atoms with E-state index < -0.39 is 0 Å². The zero-order chi connectivity index (χ0) is 13.5. The number of aromatic nitrogens is 2. The fourth-order valence-electron chi connectivity index (χ4n) is 2.55. The highest BCUT2D eigenvalue weighted by Crippen LogP contribution is 2.46. The standard InChI is InChI=1S/C15H19ClN2O/c1-3-9-19-12-6-4-5-11-14(12)17-13(10-16)18(11)15(2)7-8-15/h4-6H,3,7-10H2,1-2H3. The first-order valence-electron chi connectivity index (χ1n) is 6.89. The van der Waals surface area contributed by atoms with Crippen molar-refractivity contribution >= 4 is 22.6 Å². The summed E-state index contributed by atoms with van der Waals surface area (Å²) >= 11 is 6.07. The van der Waals surface area contributed by atoms with Crippen molar-refractivity contribution in [3.63, 3.8) is 0 Å². The molecule has 0 radical (unpaired) electrons. The Balaban J connectivity index is 2.15. The van der Waals surface area contributed by atoms with E-state index in [4.69, 9.17) is 21.3 Å². The first kappa shape index (κ1) is 12.8. The summed E-state index contributed by atoms with van der Waals surface area (Å²) in [5, 5.41) is 0. The lowest BCUT2D eigenvalue weighted by Crippen LogP contribution is -2.14. The van der Waals surface area contributed by atoms with Gasteiger partial charge in [-0.05, 0) is 38.3 Å². The van der Waals surface area contributed by atoms with Gasteiger partial charge in [0.2, 0.25) is 0 Å². The van der Waals surface area contributed by atoms with Gasteiger partial charge in [-0.25, -0.2) is 4.98 Å². The normalized spacial score (nSPS) is 16.8. The van der Waals surface area contributed by atoms with E-state index in [1.807, 2.05) is 12.1 Å². The number of para-hydroxylation sites is 1. The topological polar surface area (TPSA) is 27.1 Å². The van der Waals surface area contributed by atoms with Crippen LogP contribution in [0.25, 0.3) is 11.0 Å². The summed E-state index contributed by atoms with van der Waals surface area (Å²) in [6.07, 6.45) is 3.39. The summed E-state index contributed by atoms with van der Waals surface area (Å²) in [4.78, 5) is 4.70. The molecule has 1 aromatic heterocycles. The summed E-state index contributed by atoms with van der Waals surface area (Å²) in [5.74, 6) is 2.26. The van der Waals surface area contributed by atoms with E-state index in [1.54, 1.807) is 0 Å². The maximum absolute atomic E-state index is 6.07. The van der Waals surface area contributed by atoms with Gasteiger partial charge in [0.15, 0.2) is 0 Å². The number of hydrogen-bond donors (Lipinski definition) is 0. The van der Waals surface area contributed by atoms with E-state index in [1.165, 1.54) is 12.8 Å². The molecule has 1 heterocycles. The van der Waals surface area contributed by atoms with E-state index >= 15 is 0 Å². The summed E-state index contributed by atoms with van der Waals surface area (Å²) in [6.45, 7) is 5.09. The number of imidazole rings is 1. The Kier molecular flexibility index (Phi) is 3.17. The lowest BCUT2D eigenvalue weighted by Gasteiger charge is -2.15. The smallest absolute Gasteiger partial charge is 0.147 e. The molecule has 1 aliphatic carbocycles. The van der Waals surface area contributed by atoms with Crippen LogP contribution in [0.15, 0.2) is 18.2 Å². The number of benzene rings is 1. The number of nitrogens with zero attached hydrogens (tertiary/aromatic N) is 2. The fourth-order valence-corrected chi connectivity index (χ4v) is 2.73. The number of rotatable bonds is 5. The quantitative estimate of drug-likeness (QED) is 0.771. The van der Waals surface area contributed by atoms with E-state index in [2.05, 4.69) is 24.5 Å². The highest BCUT2D eigenvalue weighted by molar-refractivity contribution is 6.17. The third kappa shape index (κ3) is 2.10. The minimum Gasteiger partial charge on any atom is -0.491 e. The van der Waals surface area contributed by atoms with Crippen molar-refractivity contribution in [1.82, 2.24) is 9.55 Å². The minimum absolute atomic E-state index is 0.197. The summed E-state index contributed by atoms with van der Waals surface area (Å²) in [6, 6.07) is 6.14. The van der Waals surface area contributed by atoms with Crippen molar-refractivity contribution in [2.75, 3.05) is 6.61 Å². The molecule has 4 heteroatoms. The zero-order valence-electron chi connectivity index (χ0n) is 11.4. The summed E-state index contributed by atoms with van der Waals surface area (Å²) in [5.41, 5.74) is 2.28. The second kappa shape index (κ2) is 4.71. The maximum Gasteiger partial charge on any atom is 0.147 e. The molecule has 0 aliphatic heterocycles. The van der Waals surface area contributed by atoms with Gasteiger partial charge in [0, 0.05) is 5.54 Å². The van der Waals surface area contributed by atoms with Crippen LogP contribution in [-0.2, 0) is 11.4 Å². The van der Waals surface area contributed by atoms with E-state index in [-0.39, 0.29) is 5.54 Å². The highest BCUT2D eigenvalue weighted by atomic mass is 35.5. The SMILES string of the molecule is CCCOc1cccc2c1nc(CCl)n2C1(C)CC1. The molecule has 3 rings (SSSR count). The molecule has 102 valence electrons. The predicted molar refractivity (Wildman–Crippen MR) is 78.0 cm³/mol. The Morgan fingerprint density at radius 2 is 2.21 bits per heavy atom. The average Bonchev–Trinajstić information content (AvgIpc) is 3.04. The molecule has 0 saturated heterocycles. The molecule has 19 heavy (non-hydrogen) atoms. The largest absolute Gasteiger partial charge is 0.491 e. The number of hydrogen-bond acceptors (Lipinski definition) is 2. The van der Waals surface area contributed by atoms with E-state index in [0.29, 0.717) is 5.88 Å². The third-order valence-electron chi connectivity index (χ3n) is 3.81. The molecule has 1 saturated carbocycles. The molecule has 3 nitrogen and oxygen atoms in total. The van der Waals surface area contributed by atoms with Crippen molar-refractivity contribution in [2.24, 2.45) is 0 Å². The van der Waals surface area contributed by atoms with Crippen molar-refractivity contribution < 1.29 is 4.74 Å². The van der Waals surface area contributed by atoms with Crippen molar-refractivity contribution in [1.29, 1.82) is 0 Å². The van der Waals surface area contributed by atoms with Crippen molar-refractivity contribution in [3.05, 3.63) is 24.0 Å². The molecule has 0 N–H and O–H groups in total. The maximum atomic E-state index is 6.07. The number of fused-ring (bicyclic) bond motifs is 1. The molecule has 0 unspecified atom stereocenters. The monoisotopic (exact) mass is 278 g/mol. The van der Waals surface area contributed by atoms with Crippen molar-refractivity contribution in [3.8, 4) is 5.75 Å². The Bertz CT molecular complexity index is 601. The Hall–Kier alpha value is -1.22. The van der Waals surface area contributed by atoms with Crippen LogP contribution in [0, 0.1) is 0 Å². The van der Waals surface area contributed by atoms with Gasteiger partial charge >= 0.3 is 0 Å². The van der Waals surface area contributed by atoms with Crippen LogP contribution in [0.1, 0.15) is 38.9 Å². The molecular weight excluding hydrogens is 260 g/mol. The Morgan fingerprint density at radius 3 is 2.84 bits per heavy atom. The average molecular weight is 279 g/mol. The van der Waals surface area contributed by atoms with E-state index in [9.17, 15) is 0 Å². The van der Waals surface area contributed by atoms with Crippen LogP contribution in [0.2, 0.25) is 0 Å². The van der Waals surface area contributed by atoms with Gasteiger partial charge < -0.3 is 9.30 Å². The lowest BCUT2D eigenvalue weighted by molar-refractivity contribution is 0.320. The van der Waals surface area contributed by atoms with Gasteiger partial charge in [0.25, 0.3) is 0 Å². The molecule has 0 spiro atoms. The molecule has 1 aliphatic rings. The molecule has 0 amide bonds. The fraction of sp³-hybridized carbons (Fsp3) is 0.533. The molecule has 2 aromatic rings. The third-order valence-corrected chi connectivity index (χ3v) is 4.05. The molecule has 0 bridgehead atoms. The van der Waals surface area contributed by atoms with Crippen LogP contribution < -0.4 is 4.74 Å². The summed E-state index contributed by atoms with van der Waals surface area (Å²) < 4.78 is 8.10. The summed E-state index contributed by atoms with van der Waals surface area (Å²) in [7, 11) is 0. The first-order valence-corrected chi connectivity index (χ1v) is 7.42. The van der Waals surface area contributed by atoms with E-state index in [0.717, 1.165) is 35.6 Å². The molecular formula is C15H19ClN2O. The number of alkyl halides is 1. The molecule has 0 atom stereocenters. The van der Waals surface area contributed by atoms with Crippen LogP contribution in [-0.4, -0.2) is 16.2 Å². The number of halogens is 1. The van der Waals surface area contributed by atoms with Gasteiger partial charge in [-0.15, -0.1) is 11.6 Å². The zero-order valence-corrected chi connectivity index (χ0v) is 12.2. The van der Waals surface area contributed by atoms with Gasteiger partial charge in [-0.1, -0.05) is 13.0 Å². The Labute approximate surface area is 118 Å². The van der Waals surface area contributed by atoms with Crippen LogP contribution in [0.4, 0.5) is 0 Å². The molecule has 1 fully saturated rings. The van der Waals surface area contributed by atoms with Crippen molar-refractivity contribution in [2.45, 2.75) is 44.5 Å². The highest BCUT2D eigenvalue weighted by Gasteiger charge is 2.41. The minimum atomic E-state index is 0.197. The van der Waals surface area contributed by atoms with Gasteiger partial charge in [0.1, 0.15) is 17.1 Å². The van der Waals surface area contributed by atoms with Gasteiger partial charge in [0.05, 0.1) is 18.0 Å². The van der Waals surface area contributed by atoms with Crippen LogP contribution in [0.5, 0.6) is 5.75 Å². The Morgan fingerprint density at radius 1 is 1.42 bits per heavy atom. The second-order valence-corrected chi connectivity index (χ2v) is 5.73. The predicted octanol–water partition coefficient (Wildman–Crippen LogP) is 4.07. The molecule has 1 aromatic carbocycles. The van der Waals surface area contributed by atoms with Gasteiger partial charge in [-0.3, -0.25) is 0 Å². The lowest BCUT2D eigenvalue weighted by atomic mass is 10.2. The number of ether oxygens (including phenoxy) is 1. The van der Waals surface area contributed by atoms with Gasteiger partial charge in [-0.2, -0.15) is 0 Å². The van der Waals surface area contributed by atoms with Crippen LogP contribution in [0.3, 0.4) is 0 Å². The second-order valence-electron chi connectivity index (χ2n) is 5.47. The first-order chi connectivity index (χ1) is 9.19.